The van der Waals surface area contributed by atoms with Gasteiger partial charge in [-0.15, -0.1) is 0 Å². The van der Waals surface area contributed by atoms with Crippen LogP contribution < -0.4 is 15.1 Å². The molecule has 2 radical (unpaired) electrons. The number of nitrogens with zero attached hydrogens (tertiary/aromatic N) is 5. The first-order chi connectivity index (χ1) is 14.6. The molecule has 1 fully saturated rings. The number of aromatic nitrogens is 2. The van der Waals surface area contributed by atoms with Crippen LogP contribution in [0.1, 0.15) is 13.3 Å². The summed E-state index contributed by atoms with van der Waals surface area (Å²) in [5.74, 6) is 2.74. The van der Waals surface area contributed by atoms with E-state index in [1.54, 1.807) is 18.5 Å². The molecule has 0 amide bonds. The Morgan fingerprint density at radius 1 is 1.27 bits per heavy atom. The minimum atomic E-state index is -0.468. The molecule has 2 aromatic heterocycles. The Morgan fingerprint density at radius 2 is 2.03 bits per heavy atom. The molecule has 8 nitrogen and oxygen atoms in total. The van der Waals surface area contributed by atoms with Gasteiger partial charge in [0, 0.05) is 42.6 Å². The number of pyridine rings is 2. The van der Waals surface area contributed by atoms with E-state index in [2.05, 4.69) is 42.9 Å². The Kier molecular flexibility index (Phi) is 6.65. The van der Waals surface area contributed by atoms with Crippen LogP contribution in [0.15, 0.2) is 34.2 Å². The lowest BCUT2D eigenvalue weighted by Gasteiger charge is -2.33. The zero-order chi connectivity index (χ0) is 21.1. The van der Waals surface area contributed by atoms with Crippen molar-refractivity contribution < 1.29 is 9.47 Å². The first kappa shape index (κ1) is 21.2. The molecule has 0 spiro atoms. The molecule has 1 saturated heterocycles. The quantitative estimate of drug-likeness (QED) is 0.473. The summed E-state index contributed by atoms with van der Waals surface area (Å²) in [4.78, 5) is 24.9. The lowest BCUT2D eigenvalue weighted by atomic mass is 9.98. The summed E-state index contributed by atoms with van der Waals surface area (Å²) in [5, 5.41) is 3.43. The number of hydrogen-bond donors (Lipinski definition) is 0. The Hall–Kier alpha value is -2.04. The second kappa shape index (κ2) is 9.41. The molecule has 2 aromatic rings. The fraction of sp³-hybridized carbons (Fsp3) is 0.500. The van der Waals surface area contributed by atoms with Crippen molar-refractivity contribution in [1.29, 1.82) is 0 Å². The lowest BCUT2D eigenvalue weighted by molar-refractivity contribution is 0.121. The van der Waals surface area contributed by atoms with Crippen LogP contribution in [0.25, 0.3) is 0 Å². The van der Waals surface area contributed by atoms with Crippen LogP contribution in [0, 0.1) is 10.8 Å². The highest BCUT2D eigenvalue weighted by Crippen LogP contribution is 2.44. The zero-order valence-electron chi connectivity index (χ0n) is 16.8. The number of hydrogen-bond acceptors (Lipinski definition) is 8. The Morgan fingerprint density at radius 3 is 2.80 bits per heavy atom. The Balaban J connectivity index is 1.58. The largest absolute Gasteiger partial charge is 0.450 e. The van der Waals surface area contributed by atoms with Gasteiger partial charge in [0.15, 0.2) is 23.1 Å². The number of fused-ring (bicyclic) bond motifs is 2. The van der Waals surface area contributed by atoms with Crippen molar-refractivity contribution in [2.75, 3.05) is 44.3 Å². The minimum Gasteiger partial charge on any atom is -0.450 e. The van der Waals surface area contributed by atoms with Crippen LogP contribution in [0.5, 0.6) is 11.5 Å². The molecule has 0 bridgehead atoms. The Labute approximate surface area is 185 Å². The van der Waals surface area contributed by atoms with E-state index in [9.17, 15) is 4.91 Å². The van der Waals surface area contributed by atoms with Crippen molar-refractivity contribution in [2.45, 2.75) is 19.4 Å². The highest BCUT2D eigenvalue weighted by molar-refractivity contribution is 9.10. The van der Waals surface area contributed by atoms with Gasteiger partial charge in [-0.25, -0.2) is 9.97 Å². The minimum absolute atomic E-state index is 0.340. The highest BCUT2D eigenvalue weighted by atomic mass is 79.9. The first-order valence-electron chi connectivity index (χ1n) is 10.1. The van der Waals surface area contributed by atoms with E-state index >= 15 is 0 Å². The number of halogens is 1. The summed E-state index contributed by atoms with van der Waals surface area (Å²) in [5.41, 5.74) is 0.500. The van der Waals surface area contributed by atoms with Crippen molar-refractivity contribution in [1.82, 2.24) is 14.9 Å². The molecule has 4 heterocycles. The maximum Gasteiger partial charge on any atom is 0.177 e. The molecule has 0 N–H and O–H groups in total. The summed E-state index contributed by atoms with van der Waals surface area (Å²) in [6.45, 7) is 6.18. The molecule has 30 heavy (non-hydrogen) atoms. The topological polar surface area (TPSA) is 80.2 Å². The first-order valence-corrected chi connectivity index (χ1v) is 10.9. The third kappa shape index (κ3) is 4.65. The molecule has 156 valence electrons. The van der Waals surface area contributed by atoms with E-state index in [1.807, 2.05) is 11.0 Å². The predicted molar refractivity (Wildman–Crippen MR) is 119 cm³/mol. The van der Waals surface area contributed by atoms with Crippen molar-refractivity contribution in [3.05, 3.63) is 33.9 Å². The van der Waals surface area contributed by atoms with Crippen LogP contribution in [0.4, 0.5) is 11.6 Å². The molecule has 2 unspecified atom stereocenters. The van der Waals surface area contributed by atoms with Gasteiger partial charge in [0.1, 0.15) is 13.9 Å². The second-order valence-corrected chi connectivity index (χ2v) is 8.56. The van der Waals surface area contributed by atoms with Gasteiger partial charge in [-0.3, -0.25) is 4.90 Å². The van der Waals surface area contributed by atoms with E-state index in [0.717, 1.165) is 30.6 Å². The number of anilines is 2. The van der Waals surface area contributed by atoms with Crippen LogP contribution in [-0.2, 0) is 4.74 Å². The average molecular weight is 472 g/mol. The molecular weight excluding hydrogens is 449 g/mol. The van der Waals surface area contributed by atoms with Gasteiger partial charge in [-0.05, 0) is 34.3 Å². The molecule has 0 saturated carbocycles. The van der Waals surface area contributed by atoms with Gasteiger partial charge in [-0.2, -0.15) is 4.91 Å². The van der Waals surface area contributed by atoms with Crippen LogP contribution in [0.3, 0.4) is 0 Å². The van der Waals surface area contributed by atoms with Crippen LogP contribution >= 0.6 is 15.9 Å². The summed E-state index contributed by atoms with van der Waals surface area (Å²) in [6.07, 6.45) is 4.31. The monoisotopic (exact) mass is 471 g/mol. The average Bonchev–Trinajstić information content (AvgIpc) is 2.97. The third-order valence-corrected chi connectivity index (χ3v) is 5.83. The normalized spacial score (nSPS) is 19.9. The van der Waals surface area contributed by atoms with Gasteiger partial charge in [0.2, 0.25) is 0 Å². The fourth-order valence-electron chi connectivity index (χ4n) is 3.81. The van der Waals surface area contributed by atoms with E-state index in [-0.39, 0.29) is 0 Å². The molecule has 10 heteroatoms. The van der Waals surface area contributed by atoms with Crippen molar-refractivity contribution >= 4 is 40.9 Å². The van der Waals surface area contributed by atoms with Crippen LogP contribution in [-0.4, -0.2) is 68.1 Å². The smallest absolute Gasteiger partial charge is 0.177 e. The highest BCUT2D eigenvalue weighted by Gasteiger charge is 2.31. The molecular formula is C20H23BBrN5O3. The lowest BCUT2D eigenvalue weighted by Crippen LogP contribution is -2.41. The van der Waals surface area contributed by atoms with Crippen LogP contribution in [0.2, 0.25) is 0 Å². The van der Waals surface area contributed by atoms with Crippen molar-refractivity contribution in [3.63, 3.8) is 0 Å². The molecule has 2 atom stereocenters. The fourth-order valence-corrected chi connectivity index (χ4v) is 4.12. The molecule has 2 aliphatic rings. The summed E-state index contributed by atoms with van der Waals surface area (Å²) in [6, 6.07) is 3.09. The summed E-state index contributed by atoms with van der Waals surface area (Å²) in [7, 11) is 5.90. The standard InChI is InChI=1S/C20H23BBrN5O3/c1-2-13-9-26(3-4-29-12-13)10-16(25-28)11-27-19-17(5-14(21)7-23-19)30-18-6-15(22)8-24-20(18)27/h5-8,13,16H,2-4,9-12H2,1H3. The number of rotatable bonds is 6. The van der Waals surface area contributed by atoms with Gasteiger partial charge in [-0.1, -0.05) is 17.6 Å². The van der Waals surface area contributed by atoms with Crippen molar-refractivity contribution in [2.24, 2.45) is 11.1 Å². The van der Waals surface area contributed by atoms with Crippen molar-refractivity contribution in [3.8, 4) is 11.5 Å². The SMILES string of the molecule is [B]c1cnc2c(c1)Oc1cc(Br)cnc1N2CC(CN1CCOCC(CC)C1)N=O. The second-order valence-electron chi connectivity index (χ2n) is 7.65. The van der Waals surface area contributed by atoms with E-state index in [1.165, 1.54) is 0 Å². The number of ether oxygens (including phenoxy) is 2. The summed E-state index contributed by atoms with van der Waals surface area (Å²) < 4.78 is 12.5. The molecule has 4 rings (SSSR count). The maximum absolute atomic E-state index is 11.8. The van der Waals surface area contributed by atoms with Gasteiger partial charge >= 0.3 is 0 Å². The van der Waals surface area contributed by atoms with E-state index in [4.69, 9.17) is 17.3 Å². The van der Waals surface area contributed by atoms with Gasteiger partial charge < -0.3 is 14.4 Å². The van der Waals surface area contributed by atoms with E-state index in [0.29, 0.717) is 54.2 Å². The Bertz CT molecular complexity index is 867. The zero-order valence-corrected chi connectivity index (χ0v) is 18.4. The third-order valence-electron chi connectivity index (χ3n) is 5.40. The predicted octanol–water partition coefficient (Wildman–Crippen LogP) is 2.77. The number of nitroso groups, excluding NO2 is 1. The molecule has 2 aliphatic heterocycles. The van der Waals surface area contributed by atoms with Gasteiger partial charge in [0.05, 0.1) is 19.8 Å². The molecule has 0 aliphatic carbocycles. The maximum atomic E-state index is 11.8. The van der Waals surface area contributed by atoms with Gasteiger partial charge in [0.25, 0.3) is 0 Å². The van der Waals surface area contributed by atoms with E-state index < -0.39 is 6.04 Å². The summed E-state index contributed by atoms with van der Waals surface area (Å²) >= 11 is 3.43. The molecule has 0 aromatic carbocycles.